The predicted octanol–water partition coefficient (Wildman–Crippen LogP) is 3.87. The van der Waals surface area contributed by atoms with Crippen molar-refractivity contribution in [1.82, 2.24) is 0 Å². The summed E-state index contributed by atoms with van der Waals surface area (Å²) in [4.78, 5) is 11.4. The van der Waals surface area contributed by atoms with Crippen LogP contribution in [0.4, 0.5) is 0 Å². The largest absolute Gasteiger partial charge is 0.493 e. The average Bonchev–Trinajstić information content (AvgIpc) is 2.46. The Morgan fingerprint density at radius 2 is 1.48 bits per heavy atom. The Bertz CT molecular complexity index is 661. The van der Waals surface area contributed by atoms with Gasteiger partial charge in [0.05, 0.1) is 13.2 Å². The van der Waals surface area contributed by atoms with Gasteiger partial charge >= 0.3 is 5.97 Å². The number of rotatable bonds is 5. The van der Waals surface area contributed by atoms with Crippen LogP contribution in [0.3, 0.4) is 0 Å². The van der Waals surface area contributed by atoms with Gasteiger partial charge in [-0.1, -0.05) is 24.3 Å². The van der Waals surface area contributed by atoms with Crippen LogP contribution in [0.5, 0.6) is 17.2 Å². The fourth-order valence-corrected chi connectivity index (χ4v) is 2.37. The maximum atomic E-state index is 11.4. The lowest BCUT2D eigenvalue weighted by molar-refractivity contribution is -0.131. The van der Waals surface area contributed by atoms with E-state index < -0.39 is 0 Å². The minimum atomic E-state index is -0.371. The quantitative estimate of drug-likeness (QED) is 0.619. The summed E-state index contributed by atoms with van der Waals surface area (Å²) in [5, 5.41) is 1.72. The lowest BCUT2D eigenvalue weighted by atomic mass is 10.0. The van der Waals surface area contributed by atoms with E-state index in [9.17, 15) is 4.79 Å². The molecule has 0 heterocycles. The van der Waals surface area contributed by atoms with E-state index in [0.717, 1.165) is 22.1 Å². The molecule has 0 radical (unpaired) electrons. The third-order valence-corrected chi connectivity index (χ3v) is 3.13. The molecule has 0 aliphatic carbocycles. The van der Waals surface area contributed by atoms with E-state index in [4.69, 9.17) is 14.2 Å². The van der Waals surface area contributed by atoms with E-state index in [1.165, 1.54) is 6.92 Å². The first-order valence-corrected chi connectivity index (χ1v) is 7.09. The summed E-state index contributed by atoms with van der Waals surface area (Å²) in [6.45, 7) is 8.18. The molecule has 0 bridgehead atoms. The van der Waals surface area contributed by atoms with Gasteiger partial charge in [0.25, 0.3) is 0 Å². The van der Waals surface area contributed by atoms with E-state index in [1.807, 2.05) is 45.0 Å². The van der Waals surface area contributed by atoms with Crippen molar-refractivity contribution >= 4 is 16.7 Å². The lowest BCUT2D eigenvalue weighted by Crippen LogP contribution is -2.07. The second-order valence-electron chi connectivity index (χ2n) is 4.62. The molecular weight excluding hydrogens is 268 g/mol. The van der Waals surface area contributed by atoms with Crippen molar-refractivity contribution in [3.8, 4) is 17.2 Å². The van der Waals surface area contributed by atoms with Gasteiger partial charge in [0.1, 0.15) is 5.75 Å². The van der Waals surface area contributed by atoms with Crippen LogP contribution in [0.1, 0.15) is 26.3 Å². The lowest BCUT2D eigenvalue weighted by Gasteiger charge is -2.19. The second kappa shape index (κ2) is 6.48. The van der Waals surface area contributed by atoms with Crippen LogP contribution < -0.4 is 14.2 Å². The van der Waals surface area contributed by atoms with E-state index in [0.29, 0.717) is 24.7 Å². The molecule has 2 rings (SSSR count). The Morgan fingerprint density at radius 3 is 2.00 bits per heavy atom. The van der Waals surface area contributed by atoms with Gasteiger partial charge in [-0.3, -0.25) is 4.79 Å². The van der Waals surface area contributed by atoms with Crippen molar-refractivity contribution in [3.05, 3.63) is 29.8 Å². The molecule has 0 saturated carbocycles. The monoisotopic (exact) mass is 288 g/mol. The van der Waals surface area contributed by atoms with Crippen LogP contribution in [-0.4, -0.2) is 19.2 Å². The SMILES string of the molecule is CCOc1c(C)c(OCC)c2ccccc2c1OC(C)=O. The number of fused-ring (bicyclic) bond motifs is 1. The highest BCUT2D eigenvalue weighted by molar-refractivity contribution is 5.98. The Morgan fingerprint density at radius 1 is 0.952 bits per heavy atom. The zero-order valence-corrected chi connectivity index (χ0v) is 12.9. The molecule has 4 nitrogen and oxygen atoms in total. The van der Waals surface area contributed by atoms with Gasteiger partial charge in [0.15, 0.2) is 11.5 Å². The first kappa shape index (κ1) is 15.2. The Hall–Kier alpha value is -2.23. The van der Waals surface area contributed by atoms with Crippen LogP contribution in [0.2, 0.25) is 0 Å². The highest BCUT2D eigenvalue weighted by Crippen LogP contribution is 2.45. The molecule has 2 aromatic rings. The number of benzene rings is 2. The van der Waals surface area contributed by atoms with E-state index in [-0.39, 0.29) is 5.97 Å². The van der Waals surface area contributed by atoms with Crippen molar-refractivity contribution in [1.29, 1.82) is 0 Å². The van der Waals surface area contributed by atoms with Gasteiger partial charge in [0.2, 0.25) is 0 Å². The molecule has 0 saturated heterocycles. The third kappa shape index (κ3) is 2.94. The van der Waals surface area contributed by atoms with Gasteiger partial charge in [-0.2, -0.15) is 0 Å². The van der Waals surface area contributed by atoms with Gasteiger partial charge in [0, 0.05) is 23.3 Å². The van der Waals surface area contributed by atoms with Crippen LogP contribution >= 0.6 is 0 Å². The third-order valence-electron chi connectivity index (χ3n) is 3.13. The van der Waals surface area contributed by atoms with Gasteiger partial charge in [-0.05, 0) is 20.8 Å². The van der Waals surface area contributed by atoms with E-state index in [2.05, 4.69) is 0 Å². The standard InChI is InChI=1S/C17H20O4/c1-5-19-15-11(3)16(20-6-2)17(21-12(4)18)14-10-8-7-9-13(14)15/h7-10H,5-6H2,1-4H3. The average molecular weight is 288 g/mol. The summed E-state index contributed by atoms with van der Waals surface area (Å²) in [6, 6.07) is 7.69. The number of ether oxygens (including phenoxy) is 3. The molecule has 4 heteroatoms. The van der Waals surface area contributed by atoms with Crippen molar-refractivity contribution < 1.29 is 19.0 Å². The molecule has 0 atom stereocenters. The number of esters is 1. The van der Waals surface area contributed by atoms with Crippen molar-refractivity contribution in [2.75, 3.05) is 13.2 Å². The number of carbonyl (C=O) groups excluding carboxylic acids is 1. The zero-order valence-electron chi connectivity index (χ0n) is 12.9. The maximum Gasteiger partial charge on any atom is 0.308 e. The summed E-state index contributed by atoms with van der Waals surface area (Å²) < 4.78 is 16.9. The second-order valence-corrected chi connectivity index (χ2v) is 4.62. The molecule has 0 N–H and O–H groups in total. The van der Waals surface area contributed by atoms with Gasteiger partial charge in [-0.15, -0.1) is 0 Å². The molecule has 0 aliphatic rings. The molecule has 0 aliphatic heterocycles. The van der Waals surface area contributed by atoms with Crippen molar-refractivity contribution in [3.63, 3.8) is 0 Å². The van der Waals surface area contributed by atoms with E-state index in [1.54, 1.807) is 0 Å². The summed E-state index contributed by atoms with van der Waals surface area (Å²) in [5.74, 6) is 1.42. The highest BCUT2D eigenvalue weighted by atomic mass is 16.6. The molecular formula is C17H20O4. The van der Waals surface area contributed by atoms with Gasteiger partial charge < -0.3 is 14.2 Å². The van der Waals surface area contributed by atoms with Crippen LogP contribution in [0.25, 0.3) is 10.8 Å². The molecule has 0 aromatic heterocycles. The summed E-state index contributed by atoms with van der Waals surface area (Å²) in [5.41, 5.74) is 0.841. The summed E-state index contributed by atoms with van der Waals surface area (Å²) in [7, 11) is 0. The molecule has 21 heavy (non-hydrogen) atoms. The Balaban J connectivity index is 2.80. The maximum absolute atomic E-state index is 11.4. The first-order chi connectivity index (χ1) is 10.1. The minimum Gasteiger partial charge on any atom is -0.493 e. The number of hydrogen-bond donors (Lipinski definition) is 0. The van der Waals surface area contributed by atoms with Crippen LogP contribution in [-0.2, 0) is 4.79 Å². The molecule has 0 unspecified atom stereocenters. The molecule has 0 fully saturated rings. The first-order valence-electron chi connectivity index (χ1n) is 7.09. The molecule has 2 aromatic carbocycles. The molecule has 0 spiro atoms. The number of carbonyl (C=O) groups is 1. The fraction of sp³-hybridized carbons (Fsp3) is 0.353. The summed E-state index contributed by atoms with van der Waals surface area (Å²) >= 11 is 0. The Kier molecular flexibility index (Phi) is 4.68. The van der Waals surface area contributed by atoms with E-state index >= 15 is 0 Å². The number of hydrogen-bond acceptors (Lipinski definition) is 4. The fourth-order valence-electron chi connectivity index (χ4n) is 2.37. The van der Waals surface area contributed by atoms with Gasteiger partial charge in [-0.25, -0.2) is 0 Å². The highest BCUT2D eigenvalue weighted by Gasteiger charge is 2.21. The minimum absolute atomic E-state index is 0.371. The summed E-state index contributed by atoms with van der Waals surface area (Å²) in [6.07, 6.45) is 0. The molecule has 112 valence electrons. The smallest absolute Gasteiger partial charge is 0.308 e. The van der Waals surface area contributed by atoms with Crippen molar-refractivity contribution in [2.24, 2.45) is 0 Å². The zero-order chi connectivity index (χ0) is 15.4. The van der Waals surface area contributed by atoms with Crippen LogP contribution in [0.15, 0.2) is 24.3 Å². The topological polar surface area (TPSA) is 44.8 Å². The Labute approximate surface area is 124 Å². The van der Waals surface area contributed by atoms with Crippen molar-refractivity contribution in [2.45, 2.75) is 27.7 Å². The normalized spacial score (nSPS) is 10.5. The molecule has 0 amide bonds. The predicted molar refractivity (Wildman–Crippen MR) is 82.3 cm³/mol. The van der Waals surface area contributed by atoms with Crippen LogP contribution in [0, 0.1) is 6.92 Å².